The first-order valence-electron chi connectivity index (χ1n) is 9.67. The molecule has 0 radical (unpaired) electrons. The van der Waals surface area contributed by atoms with Gasteiger partial charge >= 0.3 is 6.09 Å². The number of carbonyl (C=O) groups is 1. The van der Waals surface area contributed by atoms with Crippen molar-refractivity contribution < 1.29 is 9.53 Å². The SMILES string of the molecule is CC1(NC(=O)O[C@@H]2CC[C@H](c3cc(Nc4nccn5nccc45)n[nH]3)C2)CC1. The van der Waals surface area contributed by atoms with E-state index in [2.05, 4.69) is 30.9 Å². The summed E-state index contributed by atoms with van der Waals surface area (Å²) in [4.78, 5) is 16.4. The monoisotopic (exact) mass is 381 g/mol. The lowest BCUT2D eigenvalue weighted by atomic mass is 10.0. The molecule has 9 nitrogen and oxygen atoms in total. The van der Waals surface area contributed by atoms with Gasteiger partial charge in [-0.15, -0.1) is 0 Å². The Kier molecular flexibility index (Phi) is 3.96. The minimum absolute atomic E-state index is 0.0470. The van der Waals surface area contributed by atoms with Crippen molar-refractivity contribution in [1.29, 1.82) is 0 Å². The first-order chi connectivity index (χ1) is 13.6. The summed E-state index contributed by atoms with van der Waals surface area (Å²) in [6.45, 7) is 2.05. The third kappa shape index (κ3) is 3.39. The number of hydrogen-bond acceptors (Lipinski definition) is 6. The Morgan fingerprint density at radius 3 is 3.11 bits per heavy atom. The predicted octanol–water partition coefficient (Wildman–Crippen LogP) is 3.11. The molecule has 0 spiro atoms. The number of fused-ring (bicyclic) bond motifs is 1. The number of ether oxygens (including phenoxy) is 1. The number of rotatable bonds is 5. The van der Waals surface area contributed by atoms with Gasteiger partial charge in [-0.05, 0) is 45.1 Å². The maximum Gasteiger partial charge on any atom is 0.407 e. The summed E-state index contributed by atoms with van der Waals surface area (Å²) in [6, 6.07) is 3.90. The van der Waals surface area contributed by atoms with E-state index >= 15 is 0 Å². The molecule has 0 aromatic carbocycles. The Labute approximate surface area is 161 Å². The second kappa shape index (κ2) is 6.50. The van der Waals surface area contributed by atoms with Gasteiger partial charge in [0.2, 0.25) is 0 Å². The number of amides is 1. The first kappa shape index (κ1) is 17.0. The van der Waals surface area contributed by atoms with Gasteiger partial charge in [0.25, 0.3) is 0 Å². The highest BCUT2D eigenvalue weighted by Gasteiger charge is 2.40. The molecule has 146 valence electrons. The zero-order valence-corrected chi connectivity index (χ0v) is 15.7. The maximum atomic E-state index is 12.0. The molecule has 5 rings (SSSR count). The molecule has 2 fully saturated rings. The van der Waals surface area contributed by atoms with Crippen LogP contribution >= 0.6 is 0 Å². The van der Waals surface area contributed by atoms with Gasteiger partial charge < -0.3 is 15.4 Å². The Morgan fingerprint density at radius 1 is 1.36 bits per heavy atom. The molecular weight excluding hydrogens is 358 g/mol. The van der Waals surface area contributed by atoms with E-state index in [-0.39, 0.29) is 17.7 Å². The lowest BCUT2D eigenvalue weighted by Crippen LogP contribution is -2.36. The summed E-state index contributed by atoms with van der Waals surface area (Å²) in [5.74, 6) is 1.72. The van der Waals surface area contributed by atoms with Crippen LogP contribution in [0.4, 0.5) is 16.4 Å². The number of anilines is 2. The zero-order valence-electron chi connectivity index (χ0n) is 15.7. The van der Waals surface area contributed by atoms with Crippen molar-refractivity contribution in [1.82, 2.24) is 30.1 Å². The van der Waals surface area contributed by atoms with Crippen LogP contribution in [0.2, 0.25) is 0 Å². The predicted molar refractivity (Wildman–Crippen MR) is 102 cm³/mol. The fraction of sp³-hybridized carbons (Fsp3) is 0.474. The second-order valence-electron chi connectivity index (χ2n) is 7.99. The summed E-state index contributed by atoms with van der Waals surface area (Å²) in [6.07, 6.45) is 9.59. The topological polar surface area (TPSA) is 109 Å². The highest BCUT2D eigenvalue weighted by Crippen LogP contribution is 2.37. The van der Waals surface area contributed by atoms with E-state index in [1.807, 2.05) is 19.1 Å². The average molecular weight is 381 g/mol. The van der Waals surface area contributed by atoms with Crippen molar-refractivity contribution >= 4 is 23.2 Å². The maximum absolute atomic E-state index is 12.0. The van der Waals surface area contributed by atoms with E-state index in [0.717, 1.165) is 43.3 Å². The van der Waals surface area contributed by atoms with Gasteiger partial charge in [-0.3, -0.25) is 5.10 Å². The van der Waals surface area contributed by atoms with Gasteiger partial charge in [-0.2, -0.15) is 10.2 Å². The third-order valence-corrected chi connectivity index (χ3v) is 5.67. The van der Waals surface area contributed by atoms with Crippen LogP contribution in [0.3, 0.4) is 0 Å². The zero-order chi connectivity index (χ0) is 19.1. The molecule has 2 aliphatic carbocycles. The van der Waals surface area contributed by atoms with Gasteiger partial charge in [0.15, 0.2) is 11.6 Å². The molecule has 0 saturated heterocycles. The third-order valence-electron chi connectivity index (χ3n) is 5.67. The molecule has 3 N–H and O–H groups in total. The van der Waals surface area contributed by atoms with E-state index in [4.69, 9.17) is 4.74 Å². The molecule has 0 bridgehead atoms. The molecule has 9 heteroatoms. The highest BCUT2D eigenvalue weighted by molar-refractivity contribution is 5.71. The quantitative estimate of drug-likeness (QED) is 0.626. The van der Waals surface area contributed by atoms with Crippen LogP contribution in [0.5, 0.6) is 0 Å². The second-order valence-corrected chi connectivity index (χ2v) is 7.99. The number of alkyl carbamates (subject to hydrolysis) is 1. The fourth-order valence-corrected chi connectivity index (χ4v) is 3.75. The molecule has 3 heterocycles. The fourth-order valence-electron chi connectivity index (χ4n) is 3.75. The number of aromatic nitrogens is 5. The molecule has 0 unspecified atom stereocenters. The molecule has 0 aliphatic heterocycles. The molecule has 1 amide bonds. The van der Waals surface area contributed by atoms with Crippen LogP contribution in [0.1, 0.15) is 50.6 Å². The van der Waals surface area contributed by atoms with Gasteiger partial charge in [0, 0.05) is 35.6 Å². The normalized spacial score (nSPS) is 22.9. The van der Waals surface area contributed by atoms with Crippen molar-refractivity contribution in [2.75, 3.05) is 5.32 Å². The molecule has 3 aromatic heterocycles. The van der Waals surface area contributed by atoms with Crippen LogP contribution in [0.25, 0.3) is 5.52 Å². The van der Waals surface area contributed by atoms with Gasteiger partial charge in [-0.25, -0.2) is 14.3 Å². The summed E-state index contributed by atoms with van der Waals surface area (Å²) in [7, 11) is 0. The number of nitrogens with one attached hydrogen (secondary N) is 3. The van der Waals surface area contributed by atoms with Crippen LogP contribution in [0, 0.1) is 0 Å². The highest BCUT2D eigenvalue weighted by atomic mass is 16.6. The van der Waals surface area contributed by atoms with Crippen molar-refractivity contribution in [2.24, 2.45) is 0 Å². The summed E-state index contributed by atoms with van der Waals surface area (Å²) >= 11 is 0. The van der Waals surface area contributed by atoms with Crippen LogP contribution < -0.4 is 10.6 Å². The standard InChI is InChI=1S/C19H23N7O2/c1-19(5-6-19)23-18(27)28-13-3-2-12(10-13)14-11-16(25-24-14)22-17-15-4-7-21-26(15)9-8-20-17/h4,7-9,11-13H,2-3,5-6,10H2,1H3,(H,23,27)(H2,20,22,24,25)/t12-,13+/m0/s1. The summed E-state index contributed by atoms with van der Waals surface area (Å²) in [5.41, 5.74) is 1.88. The van der Waals surface area contributed by atoms with E-state index in [1.165, 1.54) is 0 Å². The van der Waals surface area contributed by atoms with Crippen molar-refractivity contribution in [3.8, 4) is 0 Å². The van der Waals surface area contributed by atoms with E-state index in [0.29, 0.717) is 17.6 Å². The Hall–Kier alpha value is -3.10. The van der Waals surface area contributed by atoms with E-state index in [9.17, 15) is 4.79 Å². The Balaban J connectivity index is 1.20. The van der Waals surface area contributed by atoms with Gasteiger partial charge in [0.1, 0.15) is 11.6 Å². The van der Waals surface area contributed by atoms with Crippen molar-refractivity contribution in [3.63, 3.8) is 0 Å². The average Bonchev–Trinajstić information content (AvgIpc) is 3.13. The number of carbonyl (C=O) groups excluding carboxylic acids is 1. The van der Waals surface area contributed by atoms with E-state index in [1.54, 1.807) is 23.1 Å². The lowest BCUT2D eigenvalue weighted by Gasteiger charge is -2.16. The largest absolute Gasteiger partial charge is 0.446 e. The van der Waals surface area contributed by atoms with Crippen molar-refractivity contribution in [2.45, 2.75) is 56.6 Å². The number of H-pyrrole nitrogens is 1. The van der Waals surface area contributed by atoms with E-state index < -0.39 is 0 Å². The van der Waals surface area contributed by atoms with Gasteiger partial charge in [-0.1, -0.05) is 0 Å². The Morgan fingerprint density at radius 2 is 2.25 bits per heavy atom. The van der Waals surface area contributed by atoms with Crippen LogP contribution in [-0.4, -0.2) is 42.5 Å². The molecule has 3 aromatic rings. The number of aromatic amines is 1. The molecule has 2 aliphatic rings. The molecule has 2 atom stereocenters. The van der Waals surface area contributed by atoms with Gasteiger partial charge in [0.05, 0.1) is 6.20 Å². The minimum Gasteiger partial charge on any atom is -0.446 e. The summed E-state index contributed by atoms with van der Waals surface area (Å²) < 4.78 is 7.36. The van der Waals surface area contributed by atoms with Crippen LogP contribution in [-0.2, 0) is 4.74 Å². The number of hydrogen-bond donors (Lipinski definition) is 3. The first-order valence-corrected chi connectivity index (χ1v) is 9.67. The molecule has 2 saturated carbocycles. The molecule has 28 heavy (non-hydrogen) atoms. The van der Waals surface area contributed by atoms with Crippen LogP contribution in [0.15, 0.2) is 30.7 Å². The summed E-state index contributed by atoms with van der Waals surface area (Å²) in [5, 5.41) is 17.9. The number of nitrogens with zero attached hydrogens (tertiary/aromatic N) is 4. The smallest absolute Gasteiger partial charge is 0.407 e. The lowest BCUT2D eigenvalue weighted by molar-refractivity contribution is 0.0967. The van der Waals surface area contributed by atoms with Crippen molar-refractivity contribution in [3.05, 3.63) is 36.4 Å². The molecular formula is C19H23N7O2. The minimum atomic E-state index is -0.294. The Bertz CT molecular complexity index is 1010.